The van der Waals surface area contributed by atoms with E-state index in [2.05, 4.69) is 10.2 Å². The lowest BCUT2D eigenvalue weighted by molar-refractivity contribution is -0.183. The third kappa shape index (κ3) is 4.73. The molecule has 0 unspecified atom stereocenters. The van der Waals surface area contributed by atoms with E-state index in [1.54, 1.807) is 23.6 Å². The molecule has 4 aromatic rings. The Morgan fingerprint density at radius 3 is 2.69 bits per heavy atom. The van der Waals surface area contributed by atoms with Crippen LogP contribution >= 0.6 is 0 Å². The van der Waals surface area contributed by atoms with E-state index < -0.39 is 12.2 Å². The predicted octanol–water partition coefficient (Wildman–Crippen LogP) is 3.99. The van der Waals surface area contributed by atoms with Gasteiger partial charge in [-0.3, -0.25) is 9.30 Å². The van der Waals surface area contributed by atoms with Crippen molar-refractivity contribution in [3.05, 3.63) is 54.2 Å². The van der Waals surface area contributed by atoms with Crippen molar-refractivity contribution in [3.8, 4) is 17.3 Å². The van der Waals surface area contributed by atoms with Crippen LogP contribution in [0, 0.1) is 0 Å². The molecule has 0 bridgehead atoms. The highest BCUT2D eigenvalue weighted by molar-refractivity contribution is 5.86. The largest absolute Gasteiger partial charge is 0.489 e. The summed E-state index contributed by atoms with van der Waals surface area (Å²) in [6, 6.07) is 10.2. The van der Waals surface area contributed by atoms with Crippen LogP contribution < -0.4 is 10.5 Å². The average Bonchev–Trinajstić information content (AvgIpc) is 3.47. The number of aromatic nitrogens is 4. The quantitative estimate of drug-likeness (QED) is 0.410. The number of halogens is 3. The molecule has 190 valence electrons. The first kappa shape index (κ1) is 24.4. The second-order valence-corrected chi connectivity index (χ2v) is 9.08. The second-order valence-electron chi connectivity index (χ2n) is 9.08. The molecule has 2 N–H and O–H groups in total. The Labute approximate surface area is 205 Å². The average molecular weight is 501 g/mol. The summed E-state index contributed by atoms with van der Waals surface area (Å²) in [6.07, 6.45) is -2.59. The summed E-state index contributed by atoms with van der Waals surface area (Å²) < 4.78 is 55.2. The van der Waals surface area contributed by atoms with Gasteiger partial charge in [-0.25, -0.2) is 4.98 Å². The predicted molar refractivity (Wildman–Crippen MR) is 129 cm³/mol. The number of pyridine rings is 2. The van der Waals surface area contributed by atoms with E-state index in [0.29, 0.717) is 41.5 Å². The van der Waals surface area contributed by atoms with Gasteiger partial charge in [-0.2, -0.15) is 13.2 Å². The smallest absolute Gasteiger partial charge is 0.408 e. The van der Waals surface area contributed by atoms with E-state index in [1.807, 2.05) is 31.2 Å². The first-order chi connectivity index (χ1) is 17.2. The first-order valence-corrected chi connectivity index (χ1v) is 11.7. The maximum absolute atomic E-state index is 14.1. The van der Waals surface area contributed by atoms with E-state index in [0.717, 1.165) is 5.39 Å². The Balaban J connectivity index is 1.55. The van der Waals surface area contributed by atoms with Crippen LogP contribution in [0.4, 0.5) is 13.2 Å². The highest BCUT2D eigenvalue weighted by Gasteiger charge is 2.46. The van der Waals surface area contributed by atoms with Crippen molar-refractivity contribution in [1.29, 1.82) is 0 Å². The zero-order valence-corrected chi connectivity index (χ0v) is 19.9. The van der Waals surface area contributed by atoms with Crippen molar-refractivity contribution in [2.75, 3.05) is 26.8 Å². The maximum atomic E-state index is 14.1. The standard InChI is InChI=1S/C25H27F3N6O2/c1-15(35-2)14-36-20-5-3-4-16-6-8-19(30-22(16)20)24-32-31-21-9-7-17(12-34(21)24)23(25(26,27)28)33-11-10-18(29)13-33/h3-9,12,15,18,23H,10-11,13-14,29H2,1-2H3/t15-,18-,23+/m0/s1. The number of rotatable bonds is 7. The summed E-state index contributed by atoms with van der Waals surface area (Å²) in [5.41, 5.74) is 7.51. The minimum absolute atomic E-state index is 0.100. The Hall–Kier alpha value is -3.28. The molecule has 0 radical (unpaired) electrons. The summed E-state index contributed by atoms with van der Waals surface area (Å²) in [5.74, 6) is 0.920. The molecule has 0 saturated carbocycles. The number of fused-ring (bicyclic) bond motifs is 2. The molecule has 3 atom stereocenters. The molecule has 8 nitrogen and oxygen atoms in total. The van der Waals surface area contributed by atoms with Crippen LogP contribution in [0.15, 0.2) is 48.7 Å². The van der Waals surface area contributed by atoms with Gasteiger partial charge in [0.2, 0.25) is 0 Å². The number of likely N-dealkylation sites (tertiary alicyclic amines) is 1. The fourth-order valence-electron chi connectivity index (χ4n) is 4.54. The molecule has 1 aliphatic rings. The van der Waals surface area contributed by atoms with Crippen LogP contribution in [0.2, 0.25) is 0 Å². The molecule has 4 heterocycles. The van der Waals surface area contributed by atoms with E-state index >= 15 is 0 Å². The van der Waals surface area contributed by atoms with Crippen LogP contribution in [-0.2, 0) is 4.74 Å². The van der Waals surface area contributed by atoms with Gasteiger partial charge in [-0.1, -0.05) is 24.3 Å². The fourth-order valence-corrected chi connectivity index (χ4v) is 4.54. The summed E-state index contributed by atoms with van der Waals surface area (Å²) in [5, 5.41) is 9.25. The summed E-state index contributed by atoms with van der Waals surface area (Å²) >= 11 is 0. The van der Waals surface area contributed by atoms with Crippen LogP contribution in [0.3, 0.4) is 0 Å². The molecule has 1 aromatic carbocycles. The lowest BCUT2D eigenvalue weighted by Gasteiger charge is -2.30. The molecule has 0 spiro atoms. The van der Waals surface area contributed by atoms with Crippen molar-refractivity contribution in [3.63, 3.8) is 0 Å². The number of hydrogen-bond acceptors (Lipinski definition) is 7. The molecule has 3 aromatic heterocycles. The lowest BCUT2D eigenvalue weighted by atomic mass is 10.1. The Morgan fingerprint density at radius 2 is 1.97 bits per heavy atom. The third-order valence-corrected chi connectivity index (χ3v) is 6.46. The molecule has 1 saturated heterocycles. The van der Waals surface area contributed by atoms with Crippen LogP contribution in [-0.4, -0.2) is 69.6 Å². The number of alkyl halides is 3. The molecule has 0 amide bonds. The molecular weight excluding hydrogens is 473 g/mol. The molecule has 36 heavy (non-hydrogen) atoms. The molecule has 0 aliphatic carbocycles. The Bertz CT molecular complexity index is 1380. The molecule has 1 aliphatic heterocycles. The monoisotopic (exact) mass is 500 g/mol. The van der Waals surface area contributed by atoms with Gasteiger partial charge in [0.05, 0.1) is 6.10 Å². The van der Waals surface area contributed by atoms with E-state index in [4.69, 9.17) is 20.2 Å². The highest BCUT2D eigenvalue weighted by Crippen LogP contribution is 2.39. The molecule has 5 rings (SSSR count). The van der Waals surface area contributed by atoms with Gasteiger partial charge in [0.25, 0.3) is 0 Å². The summed E-state index contributed by atoms with van der Waals surface area (Å²) in [7, 11) is 1.61. The van der Waals surface area contributed by atoms with Gasteiger partial charge in [0.15, 0.2) is 11.5 Å². The van der Waals surface area contributed by atoms with Crippen LogP contribution in [0.1, 0.15) is 24.9 Å². The lowest BCUT2D eigenvalue weighted by Crippen LogP contribution is -2.38. The number of ether oxygens (including phenoxy) is 2. The van der Waals surface area contributed by atoms with Crippen molar-refractivity contribution < 1.29 is 22.6 Å². The fraction of sp³-hybridized carbons (Fsp3) is 0.400. The van der Waals surface area contributed by atoms with Crippen LogP contribution in [0.25, 0.3) is 28.1 Å². The van der Waals surface area contributed by atoms with Crippen molar-refractivity contribution in [1.82, 2.24) is 24.5 Å². The summed E-state index contributed by atoms with van der Waals surface area (Å²) in [6.45, 7) is 2.72. The number of para-hydroxylation sites is 1. The number of nitrogens with zero attached hydrogens (tertiary/aromatic N) is 5. The SMILES string of the molecule is CO[C@@H](C)COc1cccc2ccc(-c3nnc4ccc([C@@H](N5CC[C@H](N)C5)C(F)(F)F)cn34)nc12. The first-order valence-electron chi connectivity index (χ1n) is 11.7. The van der Waals surface area contributed by atoms with Crippen molar-refractivity contribution in [2.45, 2.75) is 37.7 Å². The van der Waals surface area contributed by atoms with E-state index in [-0.39, 0.29) is 30.8 Å². The van der Waals surface area contributed by atoms with Gasteiger partial charge in [-0.15, -0.1) is 10.2 Å². The molecular formula is C25H27F3N6O2. The zero-order valence-electron chi connectivity index (χ0n) is 19.9. The van der Waals surface area contributed by atoms with Gasteiger partial charge in [0.1, 0.15) is 29.6 Å². The third-order valence-electron chi connectivity index (χ3n) is 6.46. The van der Waals surface area contributed by atoms with Crippen molar-refractivity contribution >= 4 is 16.6 Å². The minimum Gasteiger partial charge on any atom is -0.489 e. The van der Waals surface area contributed by atoms with Crippen LogP contribution in [0.5, 0.6) is 5.75 Å². The normalized spacial score (nSPS) is 18.7. The highest BCUT2D eigenvalue weighted by atomic mass is 19.4. The topological polar surface area (TPSA) is 90.8 Å². The van der Waals surface area contributed by atoms with Gasteiger partial charge in [0, 0.05) is 37.8 Å². The van der Waals surface area contributed by atoms with Crippen molar-refractivity contribution in [2.24, 2.45) is 5.73 Å². The zero-order chi connectivity index (χ0) is 25.4. The Morgan fingerprint density at radius 1 is 1.14 bits per heavy atom. The maximum Gasteiger partial charge on any atom is 0.408 e. The number of nitrogens with two attached hydrogens (primary N) is 1. The number of benzene rings is 1. The van der Waals surface area contributed by atoms with E-state index in [1.165, 1.54) is 17.2 Å². The summed E-state index contributed by atoms with van der Waals surface area (Å²) in [4.78, 5) is 6.13. The molecule has 11 heteroatoms. The Kier molecular flexibility index (Phi) is 6.54. The van der Waals surface area contributed by atoms with Gasteiger partial charge < -0.3 is 15.2 Å². The van der Waals surface area contributed by atoms with Gasteiger partial charge >= 0.3 is 6.18 Å². The minimum atomic E-state index is -4.46. The molecule has 1 fully saturated rings. The number of methoxy groups -OCH3 is 1. The van der Waals surface area contributed by atoms with Gasteiger partial charge in [-0.05, 0) is 37.1 Å². The second kappa shape index (κ2) is 9.64. The van der Waals surface area contributed by atoms with E-state index in [9.17, 15) is 13.2 Å². The number of hydrogen-bond donors (Lipinski definition) is 1.